The van der Waals surface area contributed by atoms with Gasteiger partial charge in [-0.15, -0.1) is 0 Å². The van der Waals surface area contributed by atoms with Gasteiger partial charge in [-0.3, -0.25) is 19.2 Å². The molecule has 0 aliphatic carbocycles. The number of Topliss-reactive ketones (excluding diaryl/α,β-unsaturated/α-hetero) is 1. The number of carbonyl (C=O) groups is 2. The molecular weight excluding hydrogens is 552 g/mol. The molecule has 2 aromatic heterocycles. The number of piperidine rings is 1. The van der Waals surface area contributed by atoms with E-state index in [0.29, 0.717) is 28.9 Å². The number of amides is 1. The van der Waals surface area contributed by atoms with Gasteiger partial charge in [0.05, 0.1) is 36.5 Å². The van der Waals surface area contributed by atoms with E-state index in [-0.39, 0.29) is 29.9 Å². The molecule has 0 unspecified atom stereocenters. The lowest BCUT2D eigenvalue weighted by Gasteiger charge is -2.32. The van der Waals surface area contributed by atoms with Gasteiger partial charge in [0, 0.05) is 43.7 Å². The maximum absolute atomic E-state index is 13.0. The fourth-order valence-corrected chi connectivity index (χ4v) is 5.49. The molecular formula is C35H30N6O3. The van der Waals surface area contributed by atoms with Gasteiger partial charge in [0.25, 0.3) is 5.91 Å². The van der Waals surface area contributed by atoms with Crippen LogP contribution in [0.25, 0.3) is 15.8 Å². The number of hydrogen-bond acceptors (Lipinski definition) is 6. The zero-order valence-corrected chi connectivity index (χ0v) is 24.1. The minimum atomic E-state index is -0.236. The number of hydrogen-bond donors (Lipinski definition) is 1. The predicted octanol–water partition coefficient (Wildman–Crippen LogP) is 5.92. The number of rotatable bonds is 9. The van der Waals surface area contributed by atoms with Gasteiger partial charge in [-0.25, -0.2) is 4.85 Å². The molecule has 3 heterocycles. The summed E-state index contributed by atoms with van der Waals surface area (Å²) in [5.41, 5.74) is 5.36. The number of nitriles is 1. The van der Waals surface area contributed by atoms with E-state index < -0.39 is 0 Å². The van der Waals surface area contributed by atoms with E-state index in [2.05, 4.69) is 26.2 Å². The summed E-state index contributed by atoms with van der Waals surface area (Å²) in [5.74, 6) is -0.0272. The molecule has 1 amide bonds. The summed E-state index contributed by atoms with van der Waals surface area (Å²) in [4.78, 5) is 31.8. The zero-order chi connectivity index (χ0) is 30.5. The largest absolute Gasteiger partial charge is 0.451 e. The van der Waals surface area contributed by atoms with E-state index in [0.717, 1.165) is 49.0 Å². The Hall–Kier alpha value is -5.51. The summed E-state index contributed by atoms with van der Waals surface area (Å²) in [7, 11) is 0. The molecule has 218 valence electrons. The minimum absolute atomic E-state index is 0.0501. The molecule has 1 aliphatic heterocycles. The molecule has 0 saturated carbocycles. The number of aromatic nitrogens is 2. The number of fused-ring (bicyclic) bond motifs is 1. The van der Waals surface area contributed by atoms with Crippen molar-refractivity contribution in [3.8, 4) is 6.07 Å². The number of nitrogens with one attached hydrogen (secondary N) is 1. The number of furan rings is 1. The van der Waals surface area contributed by atoms with Crippen molar-refractivity contribution in [2.24, 2.45) is 0 Å². The Morgan fingerprint density at radius 2 is 1.68 bits per heavy atom. The average molecular weight is 583 g/mol. The molecule has 0 atom stereocenters. The molecule has 9 heteroatoms. The van der Waals surface area contributed by atoms with Gasteiger partial charge in [-0.1, -0.05) is 42.5 Å². The van der Waals surface area contributed by atoms with E-state index in [1.807, 2.05) is 48.5 Å². The summed E-state index contributed by atoms with van der Waals surface area (Å²) >= 11 is 0. The highest BCUT2D eigenvalue weighted by atomic mass is 16.3. The fraction of sp³-hybridized carbons (Fsp3) is 0.229. The van der Waals surface area contributed by atoms with Crippen LogP contribution in [-0.2, 0) is 19.5 Å². The fourth-order valence-electron chi connectivity index (χ4n) is 5.49. The van der Waals surface area contributed by atoms with Gasteiger partial charge in [0.15, 0.2) is 17.2 Å². The topological polar surface area (TPSA) is 109 Å². The van der Waals surface area contributed by atoms with Crippen LogP contribution >= 0.6 is 0 Å². The normalized spacial score (nSPS) is 13.8. The van der Waals surface area contributed by atoms with E-state index in [4.69, 9.17) is 16.3 Å². The van der Waals surface area contributed by atoms with Crippen molar-refractivity contribution in [1.29, 1.82) is 5.26 Å². The second kappa shape index (κ2) is 12.8. The molecule has 44 heavy (non-hydrogen) atoms. The Labute approximate surface area is 255 Å². The highest BCUT2D eigenvalue weighted by molar-refractivity contribution is 5.98. The Morgan fingerprint density at radius 3 is 2.41 bits per heavy atom. The summed E-state index contributed by atoms with van der Waals surface area (Å²) in [5, 5.41) is 17.2. The lowest BCUT2D eigenvalue weighted by molar-refractivity contribution is 0.0882. The molecule has 0 radical (unpaired) electrons. The van der Waals surface area contributed by atoms with Crippen LogP contribution in [0.4, 0.5) is 5.69 Å². The van der Waals surface area contributed by atoms with Crippen LogP contribution in [0.15, 0.2) is 89.6 Å². The smallest absolute Gasteiger partial charge is 0.287 e. The van der Waals surface area contributed by atoms with Crippen molar-refractivity contribution in [3.05, 3.63) is 130 Å². The van der Waals surface area contributed by atoms with Crippen LogP contribution in [0.5, 0.6) is 0 Å². The Balaban J connectivity index is 1.01. The second-order valence-corrected chi connectivity index (χ2v) is 11.1. The van der Waals surface area contributed by atoms with Crippen molar-refractivity contribution in [1.82, 2.24) is 20.0 Å². The van der Waals surface area contributed by atoms with Crippen LogP contribution in [0, 0.1) is 17.9 Å². The van der Waals surface area contributed by atoms with Crippen molar-refractivity contribution >= 4 is 28.3 Å². The van der Waals surface area contributed by atoms with E-state index >= 15 is 0 Å². The first-order chi connectivity index (χ1) is 21.4. The Kier molecular flexibility index (Phi) is 8.31. The van der Waals surface area contributed by atoms with Gasteiger partial charge in [-0.2, -0.15) is 10.4 Å². The molecule has 3 aromatic carbocycles. The molecule has 9 nitrogen and oxygen atoms in total. The van der Waals surface area contributed by atoms with Gasteiger partial charge in [0.2, 0.25) is 0 Å². The van der Waals surface area contributed by atoms with Crippen molar-refractivity contribution in [2.75, 3.05) is 13.1 Å². The first-order valence-corrected chi connectivity index (χ1v) is 14.5. The monoisotopic (exact) mass is 582 g/mol. The van der Waals surface area contributed by atoms with Gasteiger partial charge < -0.3 is 9.73 Å². The third-order valence-corrected chi connectivity index (χ3v) is 7.95. The SMILES string of the molecule is [C-]#[N+]c1ccc(Cn2cc(C(=O)Cc3ccc4oc(C(=O)NC5CCN(Cc6ccc(C#N)cc6)CC5)cc4c3)cn2)cc1. The molecule has 0 bridgehead atoms. The number of benzene rings is 3. The number of nitrogens with zero attached hydrogens (tertiary/aromatic N) is 5. The summed E-state index contributed by atoms with van der Waals surface area (Å²) in [6.45, 7) is 10.1. The summed E-state index contributed by atoms with van der Waals surface area (Å²) in [6, 6.07) is 24.4. The maximum Gasteiger partial charge on any atom is 0.287 e. The summed E-state index contributed by atoms with van der Waals surface area (Å²) < 4.78 is 7.56. The Bertz CT molecular complexity index is 1880. The number of ketones is 1. The van der Waals surface area contributed by atoms with Crippen LogP contribution in [0.2, 0.25) is 0 Å². The predicted molar refractivity (Wildman–Crippen MR) is 165 cm³/mol. The molecule has 1 fully saturated rings. The second-order valence-electron chi connectivity index (χ2n) is 11.1. The summed E-state index contributed by atoms with van der Waals surface area (Å²) in [6.07, 6.45) is 5.21. The lowest BCUT2D eigenvalue weighted by atomic mass is 10.0. The minimum Gasteiger partial charge on any atom is -0.451 e. The van der Waals surface area contributed by atoms with E-state index in [9.17, 15) is 9.59 Å². The van der Waals surface area contributed by atoms with Crippen molar-refractivity contribution < 1.29 is 14.0 Å². The van der Waals surface area contributed by atoms with Gasteiger partial charge in [0.1, 0.15) is 5.58 Å². The quantitative estimate of drug-likeness (QED) is 0.171. The molecule has 1 N–H and O–H groups in total. The first kappa shape index (κ1) is 28.6. The molecule has 0 spiro atoms. The number of likely N-dealkylation sites (tertiary alicyclic amines) is 1. The standard InChI is InChI=1S/C35H30N6O3/c1-37-30-9-6-26(7-10-30)22-41-23-29(20-38-41)32(42)17-27-8-11-33-28(16-27)18-34(44-33)35(43)39-31-12-14-40(15-13-31)21-25-4-2-24(19-36)3-5-25/h2-11,16,18,20,23,31H,12-15,17,21-22H2,(H,39,43). The molecule has 1 aliphatic rings. The van der Waals surface area contributed by atoms with Crippen LogP contribution < -0.4 is 5.32 Å². The maximum atomic E-state index is 13.0. The van der Waals surface area contributed by atoms with E-state index in [1.54, 1.807) is 41.3 Å². The molecule has 5 aromatic rings. The third-order valence-electron chi connectivity index (χ3n) is 7.95. The van der Waals surface area contributed by atoms with E-state index in [1.165, 1.54) is 5.56 Å². The lowest BCUT2D eigenvalue weighted by Crippen LogP contribution is -2.44. The number of carbonyl (C=O) groups excluding carboxylic acids is 2. The van der Waals surface area contributed by atoms with Gasteiger partial charge >= 0.3 is 0 Å². The highest BCUT2D eigenvalue weighted by Gasteiger charge is 2.23. The molecule has 1 saturated heterocycles. The van der Waals surface area contributed by atoms with Gasteiger partial charge in [-0.05, 0) is 59.9 Å². The average Bonchev–Trinajstić information content (AvgIpc) is 3.70. The Morgan fingerprint density at radius 1 is 0.977 bits per heavy atom. The highest BCUT2D eigenvalue weighted by Crippen LogP contribution is 2.23. The zero-order valence-electron chi connectivity index (χ0n) is 24.1. The van der Waals surface area contributed by atoms with Crippen molar-refractivity contribution in [2.45, 2.75) is 38.4 Å². The van der Waals surface area contributed by atoms with Crippen LogP contribution in [0.3, 0.4) is 0 Å². The molecule has 6 rings (SSSR count). The van der Waals surface area contributed by atoms with Crippen LogP contribution in [0.1, 0.15) is 56.0 Å². The first-order valence-electron chi connectivity index (χ1n) is 14.5. The third kappa shape index (κ3) is 6.75. The van der Waals surface area contributed by atoms with Crippen molar-refractivity contribution in [3.63, 3.8) is 0 Å². The van der Waals surface area contributed by atoms with Crippen LogP contribution in [-0.4, -0.2) is 45.5 Å².